The Morgan fingerprint density at radius 1 is 1.17 bits per heavy atom. The largest absolute Gasteiger partial charge is 0.491 e. The third-order valence-corrected chi connectivity index (χ3v) is 4.48. The molecule has 0 atom stereocenters. The van der Waals surface area contributed by atoms with E-state index in [4.69, 9.17) is 4.74 Å². The molecule has 0 aromatic heterocycles. The van der Waals surface area contributed by atoms with Crippen molar-refractivity contribution >= 4 is 28.5 Å². The van der Waals surface area contributed by atoms with Gasteiger partial charge < -0.3 is 10.1 Å². The first-order valence-corrected chi connectivity index (χ1v) is 9.33. The van der Waals surface area contributed by atoms with E-state index >= 15 is 0 Å². The van der Waals surface area contributed by atoms with E-state index in [-0.39, 0.29) is 12.0 Å². The SMILES string of the molecule is Cc1ccc(C(=O)NCCCc2ccc(OC(C)C)cc2)c(I)c1. The molecule has 128 valence electrons. The molecule has 1 amide bonds. The Morgan fingerprint density at radius 3 is 2.50 bits per heavy atom. The minimum Gasteiger partial charge on any atom is -0.491 e. The van der Waals surface area contributed by atoms with Crippen molar-refractivity contribution in [3.63, 3.8) is 0 Å². The quantitative estimate of drug-likeness (QED) is 0.502. The molecule has 4 heteroatoms. The van der Waals surface area contributed by atoms with Crippen molar-refractivity contribution in [2.45, 2.75) is 39.7 Å². The van der Waals surface area contributed by atoms with Crippen LogP contribution in [0.15, 0.2) is 42.5 Å². The van der Waals surface area contributed by atoms with Crippen LogP contribution < -0.4 is 10.1 Å². The van der Waals surface area contributed by atoms with Crippen LogP contribution >= 0.6 is 22.6 Å². The number of aryl methyl sites for hydroxylation is 2. The van der Waals surface area contributed by atoms with Crippen LogP contribution in [0.3, 0.4) is 0 Å². The third kappa shape index (κ3) is 5.82. The fourth-order valence-electron chi connectivity index (χ4n) is 2.40. The lowest BCUT2D eigenvalue weighted by atomic mass is 10.1. The number of carbonyl (C=O) groups excluding carboxylic acids is 1. The highest BCUT2D eigenvalue weighted by Crippen LogP contribution is 2.15. The highest BCUT2D eigenvalue weighted by atomic mass is 127. The molecule has 2 aromatic rings. The summed E-state index contributed by atoms with van der Waals surface area (Å²) in [6.45, 7) is 6.74. The van der Waals surface area contributed by atoms with Gasteiger partial charge in [0.1, 0.15) is 5.75 Å². The number of halogens is 1. The van der Waals surface area contributed by atoms with E-state index in [9.17, 15) is 4.79 Å². The van der Waals surface area contributed by atoms with E-state index in [1.807, 2.05) is 51.1 Å². The molecule has 1 N–H and O–H groups in total. The number of rotatable bonds is 7. The lowest BCUT2D eigenvalue weighted by Crippen LogP contribution is -2.25. The molecule has 0 fully saturated rings. The van der Waals surface area contributed by atoms with Gasteiger partial charge in [0, 0.05) is 10.1 Å². The molecule has 3 nitrogen and oxygen atoms in total. The van der Waals surface area contributed by atoms with Crippen LogP contribution in [-0.4, -0.2) is 18.6 Å². The van der Waals surface area contributed by atoms with E-state index in [0.29, 0.717) is 6.54 Å². The van der Waals surface area contributed by atoms with E-state index < -0.39 is 0 Å². The second kappa shape index (κ2) is 9.06. The number of benzene rings is 2. The number of amides is 1. The molecule has 24 heavy (non-hydrogen) atoms. The summed E-state index contributed by atoms with van der Waals surface area (Å²) in [6, 6.07) is 14.1. The third-order valence-electron chi connectivity index (χ3n) is 3.59. The number of carbonyl (C=O) groups is 1. The molecule has 0 saturated carbocycles. The summed E-state index contributed by atoms with van der Waals surface area (Å²) < 4.78 is 6.63. The summed E-state index contributed by atoms with van der Waals surface area (Å²) in [4.78, 5) is 12.2. The zero-order chi connectivity index (χ0) is 17.5. The van der Waals surface area contributed by atoms with Crippen LogP contribution in [0.4, 0.5) is 0 Å². The van der Waals surface area contributed by atoms with Gasteiger partial charge in [0.15, 0.2) is 0 Å². The van der Waals surface area contributed by atoms with E-state index in [1.165, 1.54) is 11.1 Å². The first-order chi connectivity index (χ1) is 11.5. The van der Waals surface area contributed by atoms with Crippen molar-refractivity contribution in [3.8, 4) is 5.75 Å². The van der Waals surface area contributed by atoms with Gasteiger partial charge in [-0.15, -0.1) is 0 Å². The minimum atomic E-state index is 0.0000753. The zero-order valence-electron chi connectivity index (χ0n) is 14.4. The van der Waals surface area contributed by atoms with Gasteiger partial charge in [-0.1, -0.05) is 23.8 Å². The van der Waals surface area contributed by atoms with Crippen molar-refractivity contribution in [2.24, 2.45) is 0 Å². The molecule has 2 aromatic carbocycles. The van der Waals surface area contributed by atoms with Crippen LogP contribution in [0.2, 0.25) is 0 Å². The molecule has 0 unspecified atom stereocenters. The summed E-state index contributed by atoms with van der Waals surface area (Å²) in [5.74, 6) is 0.899. The van der Waals surface area contributed by atoms with Crippen LogP contribution in [0, 0.1) is 10.5 Å². The van der Waals surface area contributed by atoms with Gasteiger partial charge in [0.2, 0.25) is 0 Å². The first kappa shape index (κ1) is 18.8. The predicted molar refractivity (Wildman–Crippen MR) is 107 cm³/mol. The Hall–Kier alpha value is -1.56. The Bertz CT molecular complexity index is 681. The molecule has 0 saturated heterocycles. The minimum absolute atomic E-state index is 0.0000753. The molecule has 0 spiro atoms. The molecule has 0 heterocycles. The molecule has 0 aliphatic carbocycles. The summed E-state index contributed by atoms with van der Waals surface area (Å²) in [6.07, 6.45) is 2.04. The van der Waals surface area contributed by atoms with Gasteiger partial charge in [-0.05, 0) is 86.0 Å². The first-order valence-electron chi connectivity index (χ1n) is 8.25. The smallest absolute Gasteiger partial charge is 0.252 e. The number of hydrogen-bond donors (Lipinski definition) is 1. The van der Waals surface area contributed by atoms with Crippen molar-refractivity contribution in [3.05, 3.63) is 62.7 Å². The second-order valence-electron chi connectivity index (χ2n) is 6.15. The second-order valence-corrected chi connectivity index (χ2v) is 7.32. The maximum Gasteiger partial charge on any atom is 0.252 e. The van der Waals surface area contributed by atoms with Crippen LogP contribution in [0.25, 0.3) is 0 Å². The van der Waals surface area contributed by atoms with Gasteiger partial charge >= 0.3 is 0 Å². The number of nitrogens with one attached hydrogen (secondary N) is 1. The molecule has 0 aliphatic rings. The fourth-order valence-corrected chi connectivity index (χ4v) is 3.32. The summed E-state index contributed by atoms with van der Waals surface area (Å²) >= 11 is 2.21. The van der Waals surface area contributed by atoms with E-state index in [0.717, 1.165) is 27.7 Å². The van der Waals surface area contributed by atoms with Gasteiger partial charge in [-0.25, -0.2) is 0 Å². The topological polar surface area (TPSA) is 38.3 Å². The Labute approximate surface area is 157 Å². The van der Waals surface area contributed by atoms with Crippen molar-refractivity contribution in [1.82, 2.24) is 5.32 Å². The average Bonchev–Trinajstić information content (AvgIpc) is 2.52. The van der Waals surface area contributed by atoms with Crippen molar-refractivity contribution in [2.75, 3.05) is 6.54 Å². The summed E-state index contributed by atoms with van der Waals surface area (Å²) in [7, 11) is 0. The normalized spacial score (nSPS) is 10.7. The molecular weight excluding hydrogens is 413 g/mol. The Balaban J connectivity index is 1.77. The van der Waals surface area contributed by atoms with E-state index in [1.54, 1.807) is 0 Å². The predicted octanol–water partition coefficient (Wildman–Crippen LogP) is 4.75. The van der Waals surface area contributed by atoms with Crippen LogP contribution in [0.1, 0.15) is 41.8 Å². The average molecular weight is 437 g/mol. The number of ether oxygens (including phenoxy) is 1. The summed E-state index contributed by atoms with van der Waals surface area (Å²) in [5.41, 5.74) is 3.17. The summed E-state index contributed by atoms with van der Waals surface area (Å²) in [5, 5.41) is 3.00. The molecular formula is C20H24INO2. The highest BCUT2D eigenvalue weighted by molar-refractivity contribution is 14.1. The van der Waals surface area contributed by atoms with Gasteiger partial charge in [0.25, 0.3) is 5.91 Å². The maximum atomic E-state index is 12.2. The molecule has 0 radical (unpaired) electrons. The Kier molecular flexibility index (Phi) is 7.09. The molecule has 2 rings (SSSR count). The van der Waals surface area contributed by atoms with E-state index in [2.05, 4.69) is 40.0 Å². The zero-order valence-corrected chi connectivity index (χ0v) is 16.6. The van der Waals surface area contributed by atoms with Gasteiger partial charge in [-0.2, -0.15) is 0 Å². The number of hydrogen-bond acceptors (Lipinski definition) is 2. The van der Waals surface area contributed by atoms with Crippen molar-refractivity contribution < 1.29 is 9.53 Å². The maximum absolute atomic E-state index is 12.2. The molecule has 0 bridgehead atoms. The van der Waals surface area contributed by atoms with Crippen molar-refractivity contribution in [1.29, 1.82) is 0 Å². The lowest BCUT2D eigenvalue weighted by molar-refractivity contribution is 0.0952. The Morgan fingerprint density at radius 2 is 1.88 bits per heavy atom. The monoisotopic (exact) mass is 437 g/mol. The van der Waals surface area contributed by atoms with Crippen LogP contribution in [0.5, 0.6) is 5.75 Å². The van der Waals surface area contributed by atoms with Crippen LogP contribution in [-0.2, 0) is 6.42 Å². The van der Waals surface area contributed by atoms with Gasteiger partial charge in [0.05, 0.1) is 11.7 Å². The lowest BCUT2D eigenvalue weighted by Gasteiger charge is -2.10. The molecule has 0 aliphatic heterocycles. The standard InChI is InChI=1S/C20H24INO2/c1-14(2)24-17-9-7-16(8-10-17)5-4-12-22-20(23)18-11-6-15(3)13-19(18)21/h6-11,13-14H,4-5,12H2,1-3H3,(H,22,23). The highest BCUT2D eigenvalue weighted by Gasteiger charge is 2.09. The fraction of sp³-hybridized carbons (Fsp3) is 0.350. The van der Waals surface area contributed by atoms with Gasteiger partial charge in [-0.3, -0.25) is 4.79 Å².